The SMILES string of the molecule is C#CCN(CC)CC(CN)CCC. The van der Waals surface area contributed by atoms with Crippen LogP contribution in [0.2, 0.25) is 0 Å². The summed E-state index contributed by atoms with van der Waals surface area (Å²) in [5.41, 5.74) is 5.68. The molecule has 0 aliphatic carbocycles. The molecule has 2 nitrogen and oxygen atoms in total. The van der Waals surface area contributed by atoms with Crippen molar-refractivity contribution in [2.45, 2.75) is 26.7 Å². The second-order valence-electron chi connectivity index (χ2n) is 3.42. The van der Waals surface area contributed by atoms with Crippen molar-refractivity contribution in [1.82, 2.24) is 4.90 Å². The van der Waals surface area contributed by atoms with E-state index in [1.807, 2.05) is 0 Å². The van der Waals surface area contributed by atoms with Crippen LogP contribution >= 0.6 is 0 Å². The molecule has 0 aromatic heterocycles. The predicted octanol–water partition coefficient (Wildman–Crippen LogP) is 1.32. The number of nitrogens with zero attached hydrogens (tertiary/aromatic N) is 1. The van der Waals surface area contributed by atoms with Crippen molar-refractivity contribution in [2.24, 2.45) is 11.7 Å². The van der Waals surface area contributed by atoms with Gasteiger partial charge in [-0.05, 0) is 25.4 Å². The molecule has 13 heavy (non-hydrogen) atoms. The molecular weight excluding hydrogens is 160 g/mol. The maximum atomic E-state index is 5.68. The summed E-state index contributed by atoms with van der Waals surface area (Å²) in [5.74, 6) is 3.28. The molecule has 0 heterocycles. The van der Waals surface area contributed by atoms with E-state index in [2.05, 4.69) is 24.7 Å². The Bertz CT molecular complexity index is 149. The average molecular weight is 182 g/mol. The first-order valence-corrected chi connectivity index (χ1v) is 5.14. The zero-order valence-corrected chi connectivity index (χ0v) is 8.92. The van der Waals surface area contributed by atoms with Crippen LogP contribution in [0.25, 0.3) is 0 Å². The van der Waals surface area contributed by atoms with Crippen molar-refractivity contribution in [3.63, 3.8) is 0 Å². The lowest BCUT2D eigenvalue weighted by Gasteiger charge is -2.23. The number of rotatable bonds is 7. The zero-order chi connectivity index (χ0) is 10.1. The largest absolute Gasteiger partial charge is 0.330 e. The first kappa shape index (κ1) is 12.5. The van der Waals surface area contributed by atoms with Crippen molar-refractivity contribution < 1.29 is 0 Å². The van der Waals surface area contributed by atoms with Gasteiger partial charge in [0.15, 0.2) is 0 Å². The van der Waals surface area contributed by atoms with Gasteiger partial charge in [0.1, 0.15) is 0 Å². The molecule has 0 aromatic rings. The first-order chi connectivity index (χ1) is 6.28. The molecule has 2 heteroatoms. The number of nitrogens with two attached hydrogens (primary N) is 1. The molecule has 1 atom stereocenters. The normalized spacial score (nSPS) is 12.8. The van der Waals surface area contributed by atoms with Crippen molar-refractivity contribution in [1.29, 1.82) is 0 Å². The van der Waals surface area contributed by atoms with Gasteiger partial charge in [-0.1, -0.05) is 26.2 Å². The van der Waals surface area contributed by atoms with E-state index in [1.165, 1.54) is 12.8 Å². The van der Waals surface area contributed by atoms with E-state index in [0.717, 1.165) is 26.2 Å². The van der Waals surface area contributed by atoms with E-state index >= 15 is 0 Å². The third-order valence-corrected chi connectivity index (χ3v) is 2.31. The molecule has 2 N–H and O–H groups in total. The second kappa shape index (κ2) is 8.10. The molecule has 0 spiro atoms. The first-order valence-electron chi connectivity index (χ1n) is 5.14. The molecule has 0 radical (unpaired) electrons. The highest BCUT2D eigenvalue weighted by atomic mass is 15.1. The third-order valence-electron chi connectivity index (χ3n) is 2.31. The Morgan fingerprint density at radius 2 is 2.15 bits per heavy atom. The maximum absolute atomic E-state index is 5.68. The summed E-state index contributed by atoms with van der Waals surface area (Å²) >= 11 is 0. The molecular formula is C11H22N2. The lowest BCUT2D eigenvalue weighted by molar-refractivity contribution is 0.261. The summed E-state index contributed by atoms with van der Waals surface area (Å²) in [5, 5.41) is 0. The molecule has 0 aromatic carbocycles. The minimum absolute atomic E-state index is 0.610. The van der Waals surface area contributed by atoms with Gasteiger partial charge in [-0.3, -0.25) is 4.90 Å². The van der Waals surface area contributed by atoms with Crippen LogP contribution < -0.4 is 5.73 Å². The Morgan fingerprint density at radius 1 is 1.46 bits per heavy atom. The van der Waals surface area contributed by atoms with Crippen molar-refractivity contribution >= 4 is 0 Å². The third kappa shape index (κ3) is 5.68. The van der Waals surface area contributed by atoms with Gasteiger partial charge in [-0.2, -0.15) is 0 Å². The summed E-state index contributed by atoms with van der Waals surface area (Å²) in [6.07, 6.45) is 7.68. The number of terminal acetylenes is 1. The Morgan fingerprint density at radius 3 is 2.54 bits per heavy atom. The van der Waals surface area contributed by atoms with Crippen LogP contribution in [0.4, 0.5) is 0 Å². The van der Waals surface area contributed by atoms with Crippen LogP contribution in [0, 0.1) is 18.3 Å². The summed E-state index contributed by atoms with van der Waals surface area (Å²) in [7, 11) is 0. The van der Waals surface area contributed by atoms with Crippen LogP contribution in [0.3, 0.4) is 0 Å². The Balaban J connectivity index is 3.81. The molecule has 0 rings (SSSR count). The number of hydrogen-bond acceptors (Lipinski definition) is 2. The lowest BCUT2D eigenvalue weighted by Crippen LogP contribution is -2.33. The fraction of sp³-hybridized carbons (Fsp3) is 0.818. The highest BCUT2D eigenvalue weighted by Crippen LogP contribution is 2.06. The van der Waals surface area contributed by atoms with Crippen molar-refractivity contribution in [2.75, 3.05) is 26.2 Å². The summed E-state index contributed by atoms with van der Waals surface area (Å²) in [4.78, 5) is 2.27. The monoisotopic (exact) mass is 182 g/mol. The van der Waals surface area contributed by atoms with Crippen LogP contribution in [-0.2, 0) is 0 Å². The van der Waals surface area contributed by atoms with Gasteiger partial charge in [0.25, 0.3) is 0 Å². The van der Waals surface area contributed by atoms with Crippen molar-refractivity contribution in [3.8, 4) is 12.3 Å². The van der Waals surface area contributed by atoms with Gasteiger partial charge in [-0.25, -0.2) is 0 Å². The maximum Gasteiger partial charge on any atom is 0.0598 e. The van der Waals surface area contributed by atoms with E-state index in [0.29, 0.717) is 5.92 Å². The molecule has 76 valence electrons. The Kier molecular flexibility index (Phi) is 7.77. The van der Waals surface area contributed by atoms with Crippen LogP contribution in [0.5, 0.6) is 0 Å². The van der Waals surface area contributed by atoms with Crippen LogP contribution in [0.15, 0.2) is 0 Å². The van der Waals surface area contributed by atoms with Gasteiger partial charge < -0.3 is 5.73 Å². The zero-order valence-electron chi connectivity index (χ0n) is 8.92. The van der Waals surface area contributed by atoms with Gasteiger partial charge in [0, 0.05) is 6.54 Å². The molecule has 0 saturated heterocycles. The molecule has 0 amide bonds. The molecule has 0 aliphatic rings. The summed E-state index contributed by atoms with van der Waals surface area (Å²) in [6, 6.07) is 0. The fourth-order valence-electron chi connectivity index (χ4n) is 1.49. The highest BCUT2D eigenvalue weighted by molar-refractivity contribution is 4.88. The predicted molar refractivity (Wildman–Crippen MR) is 58.4 cm³/mol. The summed E-state index contributed by atoms with van der Waals surface area (Å²) in [6.45, 7) is 7.91. The van der Waals surface area contributed by atoms with Gasteiger partial charge in [0.2, 0.25) is 0 Å². The minimum Gasteiger partial charge on any atom is -0.330 e. The smallest absolute Gasteiger partial charge is 0.0598 e. The lowest BCUT2D eigenvalue weighted by atomic mass is 10.0. The topological polar surface area (TPSA) is 29.3 Å². The molecule has 1 unspecified atom stereocenters. The standard InChI is InChI=1S/C11H22N2/c1-4-7-11(9-12)10-13(6-3)8-5-2/h2,11H,4,6-10,12H2,1,3H3. The average Bonchev–Trinajstić information content (AvgIpc) is 2.16. The Hall–Kier alpha value is -0.520. The molecule has 0 bridgehead atoms. The summed E-state index contributed by atoms with van der Waals surface area (Å²) < 4.78 is 0. The molecule has 0 aliphatic heterocycles. The quantitative estimate of drug-likeness (QED) is 0.602. The Labute approximate surface area is 82.5 Å². The fourth-order valence-corrected chi connectivity index (χ4v) is 1.49. The van der Waals surface area contributed by atoms with E-state index in [1.54, 1.807) is 0 Å². The van der Waals surface area contributed by atoms with Crippen LogP contribution in [-0.4, -0.2) is 31.1 Å². The highest BCUT2D eigenvalue weighted by Gasteiger charge is 2.09. The van der Waals surface area contributed by atoms with Gasteiger partial charge in [-0.15, -0.1) is 6.42 Å². The van der Waals surface area contributed by atoms with E-state index in [-0.39, 0.29) is 0 Å². The van der Waals surface area contributed by atoms with E-state index in [9.17, 15) is 0 Å². The van der Waals surface area contributed by atoms with Gasteiger partial charge >= 0.3 is 0 Å². The molecule has 0 saturated carbocycles. The molecule has 0 fully saturated rings. The second-order valence-corrected chi connectivity index (χ2v) is 3.42. The number of hydrogen-bond donors (Lipinski definition) is 1. The minimum atomic E-state index is 0.610. The van der Waals surface area contributed by atoms with Crippen LogP contribution in [0.1, 0.15) is 26.7 Å². The van der Waals surface area contributed by atoms with E-state index in [4.69, 9.17) is 12.2 Å². The van der Waals surface area contributed by atoms with Crippen molar-refractivity contribution in [3.05, 3.63) is 0 Å². The van der Waals surface area contributed by atoms with Gasteiger partial charge in [0.05, 0.1) is 6.54 Å². The van der Waals surface area contributed by atoms with E-state index < -0.39 is 0 Å².